The van der Waals surface area contributed by atoms with Gasteiger partial charge in [-0.3, -0.25) is 24.5 Å². The number of carbonyl (C=O) groups excluding carboxylic acids is 3. The number of hydrazine groups is 1. The second-order valence-electron chi connectivity index (χ2n) is 7.41. The molecule has 2 aromatic carbocycles. The van der Waals surface area contributed by atoms with Crippen LogP contribution in [0.15, 0.2) is 60.7 Å². The quantitative estimate of drug-likeness (QED) is 0.305. The minimum Gasteiger partial charge on any atom is -0.272 e. The zero-order valence-corrected chi connectivity index (χ0v) is 17.1. The lowest BCUT2D eigenvalue weighted by Gasteiger charge is -2.30. The molecule has 0 radical (unpaired) electrons. The fourth-order valence-electron chi connectivity index (χ4n) is 3.97. The Bertz CT molecular complexity index is 1070. The van der Waals surface area contributed by atoms with Gasteiger partial charge in [0, 0.05) is 11.1 Å². The molecule has 1 fully saturated rings. The lowest BCUT2D eigenvalue weighted by Crippen LogP contribution is -2.49. The van der Waals surface area contributed by atoms with Gasteiger partial charge in [0.25, 0.3) is 23.4 Å². The van der Waals surface area contributed by atoms with Crippen LogP contribution >= 0.6 is 11.6 Å². The Morgan fingerprint density at radius 3 is 2.19 bits per heavy atom. The van der Waals surface area contributed by atoms with E-state index in [-0.39, 0.29) is 12.1 Å². The van der Waals surface area contributed by atoms with E-state index in [1.807, 2.05) is 12.2 Å². The van der Waals surface area contributed by atoms with E-state index < -0.39 is 40.2 Å². The highest BCUT2D eigenvalue weighted by Crippen LogP contribution is 2.37. The molecule has 2 atom stereocenters. The number of amides is 3. The molecular weight excluding hydrogens is 422 g/mol. The second-order valence-corrected chi connectivity index (χ2v) is 7.84. The van der Waals surface area contributed by atoms with Gasteiger partial charge < -0.3 is 0 Å². The highest BCUT2D eigenvalue weighted by Gasteiger charge is 2.51. The zero-order valence-electron chi connectivity index (χ0n) is 16.3. The van der Waals surface area contributed by atoms with Crippen LogP contribution in [0.25, 0.3) is 0 Å². The van der Waals surface area contributed by atoms with E-state index >= 15 is 0 Å². The Kier molecular flexibility index (Phi) is 5.56. The number of fused-ring (bicyclic) bond motifs is 1. The average Bonchev–Trinajstić information content (AvgIpc) is 3.03. The monoisotopic (exact) mass is 439 g/mol. The third-order valence-corrected chi connectivity index (χ3v) is 5.79. The third-order valence-electron chi connectivity index (χ3n) is 5.54. The first-order chi connectivity index (χ1) is 14.9. The molecule has 3 amide bonds. The molecule has 2 aliphatic rings. The van der Waals surface area contributed by atoms with Gasteiger partial charge in [-0.05, 0) is 36.6 Å². The molecule has 9 heteroatoms. The van der Waals surface area contributed by atoms with Crippen molar-refractivity contribution < 1.29 is 19.3 Å². The van der Waals surface area contributed by atoms with Gasteiger partial charge in [0.15, 0.2) is 0 Å². The lowest BCUT2D eigenvalue weighted by molar-refractivity contribution is -0.385. The molecule has 1 aliphatic heterocycles. The van der Waals surface area contributed by atoms with Crippen LogP contribution in [0, 0.1) is 22.0 Å². The van der Waals surface area contributed by atoms with Crippen LogP contribution in [0.2, 0.25) is 5.02 Å². The summed E-state index contributed by atoms with van der Waals surface area (Å²) in [6.07, 6.45) is 4.53. The van der Waals surface area contributed by atoms with Crippen molar-refractivity contribution in [3.05, 3.63) is 86.9 Å². The number of hydrogen-bond acceptors (Lipinski definition) is 5. The molecule has 2 aromatic rings. The van der Waals surface area contributed by atoms with Crippen LogP contribution in [-0.2, 0) is 16.1 Å². The van der Waals surface area contributed by atoms with Crippen LogP contribution in [0.4, 0.5) is 5.69 Å². The molecule has 0 spiro atoms. The van der Waals surface area contributed by atoms with E-state index in [1.54, 1.807) is 24.3 Å². The summed E-state index contributed by atoms with van der Waals surface area (Å²) in [4.78, 5) is 50.5. The number of rotatable bonds is 5. The number of nitro groups is 1. The Hall–Kier alpha value is -3.52. The van der Waals surface area contributed by atoms with Crippen LogP contribution < -0.4 is 0 Å². The van der Waals surface area contributed by atoms with Crippen LogP contribution in [-0.4, -0.2) is 32.7 Å². The SMILES string of the molecule is O=C(c1ccccc1[N+](=O)[O-])N(Cc1ccc(Cl)cc1)N1C(=O)[C@H]2CC=CC[C@H]2C1=O. The maximum absolute atomic E-state index is 13.5. The fraction of sp³-hybridized carbons (Fsp3) is 0.227. The van der Waals surface area contributed by atoms with Crippen molar-refractivity contribution in [1.82, 2.24) is 10.0 Å². The molecule has 8 nitrogen and oxygen atoms in total. The summed E-state index contributed by atoms with van der Waals surface area (Å²) >= 11 is 5.94. The molecule has 0 bridgehead atoms. The molecule has 1 heterocycles. The molecule has 0 saturated carbocycles. The third kappa shape index (κ3) is 3.82. The minimum atomic E-state index is -0.796. The van der Waals surface area contributed by atoms with Crippen LogP contribution in [0.3, 0.4) is 0 Å². The summed E-state index contributed by atoms with van der Waals surface area (Å²) in [6, 6.07) is 12.1. The number of halogens is 1. The van der Waals surface area contributed by atoms with Gasteiger partial charge in [0.1, 0.15) is 5.56 Å². The Balaban J connectivity index is 1.76. The number of hydrogen-bond donors (Lipinski definition) is 0. The predicted octanol–water partition coefficient (Wildman–Crippen LogP) is 3.76. The molecule has 0 N–H and O–H groups in total. The number of nitrogens with zero attached hydrogens (tertiary/aromatic N) is 3. The predicted molar refractivity (Wildman–Crippen MR) is 112 cm³/mol. The number of imide groups is 1. The number of carbonyl (C=O) groups is 3. The van der Waals surface area contributed by atoms with E-state index in [4.69, 9.17) is 11.6 Å². The van der Waals surface area contributed by atoms with Crippen molar-refractivity contribution in [1.29, 1.82) is 0 Å². The Morgan fingerprint density at radius 2 is 1.61 bits per heavy atom. The first kappa shape index (κ1) is 20.7. The van der Waals surface area contributed by atoms with E-state index in [2.05, 4.69) is 0 Å². The summed E-state index contributed by atoms with van der Waals surface area (Å²) in [7, 11) is 0. The van der Waals surface area contributed by atoms with Crippen molar-refractivity contribution in [2.45, 2.75) is 19.4 Å². The van der Waals surface area contributed by atoms with Gasteiger partial charge in [-0.2, -0.15) is 5.01 Å². The van der Waals surface area contributed by atoms with Crippen molar-refractivity contribution in [3.8, 4) is 0 Å². The topological polar surface area (TPSA) is 101 Å². The van der Waals surface area contributed by atoms with Crippen molar-refractivity contribution >= 4 is 35.0 Å². The zero-order chi connectivity index (χ0) is 22.1. The van der Waals surface area contributed by atoms with E-state index in [0.29, 0.717) is 23.4 Å². The molecule has 4 rings (SSSR count). The average molecular weight is 440 g/mol. The summed E-state index contributed by atoms with van der Waals surface area (Å²) in [5.74, 6) is -2.82. The number of allylic oxidation sites excluding steroid dienone is 2. The van der Waals surface area contributed by atoms with Crippen molar-refractivity contribution in [3.63, 3.8) is 0 Å². The number of nitro benzene ring substituents is 1. The fourth-order valence-corrected chi connectivity index (χ4v) is 4.10. The van der Waals surface area contributed by atoms with E-state index in [0.717, 1.165) is 10.0 Å². The van der Waals surface area contributed by atoms with Gasteiger partial charge in [-0.25, -0.2) is 5.01 Å². The van der Waals surface area contributed by atoms with Gasteiger partial charge in [0.05, 0.1) is 23.3 Å². The molecule has 0 aromatic heterocycles. The highest BCUT2D eigenvalue weighted by atomic mass is 35.5. The maximum atomic E-state index is 13.5. The van der Waals surface area contributed by atoms with Gasteiger partial charge in [0.2, 0.25) is 0 Å². The van der Waals surface area contributed by atoms with Gasteiger partial charge >= 0.3 is 0 Å². The second kappa shape index (κ2) is 8.31. The molecular formula is C22H18ClN3O5. The van der Waals surface area contributed by atoms with E-state index in [9.17, 15) is 24.5 Å². The number of para-hydroxylation sites is 1. The first-order valence-corrected chi connectivity index (χ1v) is 10.1. The molecule has 0 unspecified atom stereocenters. The lowest BCUT2D eigenvalue weighted by atomic mass is 9.85. The van der Waals surface area contributed by atoms with Gasteiger partial charge in [-0.1, -0.05) is 48.0 Å². The van der Waals surface area contributed by atoms with Crippen molar-refractivity contribution in [2.24, 2.45) is 11.8 Å². The Morgan fingerprint density at radius 1 is 1.03 bits per heavy atom. The molecule has 31 heavy (non-hydrogen) atoms. The van der Waals surface area contributed by atoms with E-state index in [1.165, 1.54) is 24.3 Å². The summed E-state index contributed by atoms with van der Waals surface area (Å²) in [6.45, 7) is -0.119. The largest absolute Gasteiger partial charge is 0.282 e. The van der Waals surface area contributed by atoms with Gasteiger partial charge in [-0.15, -0.1) is 0 Å². The molecule has 158 valence electrons. The minimum absolute atomic E-state index is 0.119. The Labute approximate surface area is 182 Å². The normalized spacial score (nSPS) is 20.0. The molecule has 1 saturated heterocycles. The smallest absolute Gasteiger partial charge is 0.272 e. The van der Waals surface area contributed by atoms with Crippen LogP contribution in [0.1, 0.15) is 28.8 Å². The number of benzene rings is 2. The molecule has 1 aliphatic carbocycles. The van der Waals surface area contributed by atoms with Crippen molar-refractivity contribution in [2.75, 3.05) is 0 Å². The summed E-state index contributed by atoms with van der Waals surface area (Å²) in [5, 5.41) is 13.8. The standard InChI is InChI=1S/C22H18ClN3O5/c23-15-11-9-14(10-12-15)13-24(20(27)18-7-3-4-8-19(18)26(30)31)25-21(28)16-5-1-2-6-17(16)22(25)29/h1-4,7-12,16-17H,5-6,13H2/t16-,17+. The first-order valence-electron chi connectivity index (χ1n) is 9.71. The maximum Gasteiger partial charge on any atom is 0.282 e. The van der Waals surface area contributed by atoms with Crippen LogP contribution in [0.5, 0.6) is 0 Å². The highest BCUT2D eigenvalue weighted by molar-refractivity contribution is 6.30. The summed E-state index contributed by atoms with van der Waals surface area (Å²) < 4.78 is 0. The summed E-state index contributed by atoms with van der Waals surface area (Å²) in [5.41, 5.74) is 0.0202.